The van der Waals surface area contributed by atoms with Gasteiger partial charge in [-0.25, -0.2) is 14.4 Å². The van der Waals surface area contributed by atoms with E-state index in [1.165, 1.54) is 0 Å². The Labute approximate surface area is 225 Å². The van der Waals surface area contributed by atoms with E-state index in [0.717, 1.165) is 22.3 Å². The summed E-state index contributed by atoms with van der Waals surface area (Å²) in [5.74, 6) is -0.862. The van der Waals surface area contributed by atoms with Crippen LogP contribution in [0.4, 0.5) is 4.79 Å². The molecule has 1 aliphatic carbocycles. The van der Waals surface area contributed by atoms with Crippen molar-refractivity contribution in [1.29, 1.82) is 0 Å². The largest absolute Gasteiger partial charge is 0.480 e. The Hall–Kier alpha value is -4.85. The van der Waals surface area contributed by atoms with Gasteiger partial charge in [0.05, 0.1) is 12.2 Å². The molecular weight excluding hydrogens is 498 g/mol. The highest BCUT2D eigenvalue weighted by Gasteiger charge is 2.30. The SMILES string of the molecule is CCOC(=O)c1ccc(-c2ccc(CC(NC(=O)OCC3c4ccccc4-c4ccccc43)C(=O)O)o2)cc1. The van der Waals surface area contributed by atoms with Gasteiger partial charge in [-0.3, -0.25) is 0 Å². The molecule has 198 valence electrons. The summed E-state index contributed by atoms with van der Waals surface area (Å²) in [5, 5.41) is 12.2. The summed E-state index contributed by atoms with van der Waals surface area (Å²) in [6.07, 6.45) is -0.883. The number of carbonyl (C=O) groups excluding carboxylic acids is 2. The van der Waals surface area contributed by atoms with Gasteiger partial charge in [0, 0.05) is 17.9 Å². The third kappa shape index (κ3) is 5.55. The summed E-state index contributed by atoms with van der Waals surface area (Å²) in [5.41, 5.74) is 5.49. The third-order valence-corrected chi connectivity index (χ3v) is 6.68. The van der Waals surface area contributed by atoms with Crippen LogP contribution in [0.25, 0.3) is 22.5 Å². The second-order valence-electron chi connectivity index (χ2n) is 9.13. The number of hydrogen-bond acceptors (Lipinski definition) is 6. The van der Waals surface area contributed by atoms with Gasteiger partial charge in [-0.2, -0.15) is 0 Å². The molecule has 2 N–H and O–H groups in total. The van der Waals surface area contributed by atoms with Crippen molar-refractivity contribution in [2.45, 2.75) is 25.3 Å². The molecule has 0 saturated carbocycles. The molecule has 0 spiro atoms. The third-order valence-electron chi connectivity index (χ3n) is 6.68. The summed E-state index contributed by atoms with van der Waals surface area (Å²) in [7, 11) is 0. The lowest BCUT2D eigenvalue weighted by molar-refractivity contribution is -0.139. The number of carboxylic acid groups (broad SMARTS) is 1. The number of ether oxygens (including phenoxy) is 2. The molecule has 1 unspecified atom stereocenters. The zero-order valence-electron chi connectivity index (χ0n) is 21.3. The quantitative estimate of drug-likeness (QED) is 0.271. The second kappa shape index (κ2) is 11.3. The van der Waals surface area contributed by atoms with Crippen molar-refractivity contribution in [3.63, 3.8) is 0 Å². The van der Waals surface area contributed by atoms with E-state index in [1.54, 1.807) is 43.3 Å². The lowest BCUT2D eigenvalue weighted by atomic mass is 9.98. The van der Waals surface area contributed by atoms with Crippen LogP contribution in [0.3, 0.4) is 0 Å². The zero-order valence-corrected chi connectivity index (χ0v) is 21.3. The smallest absolute Gasteiger partial charge is 0.407 e. The maximum absolute atomic E-state index is 12.6. The van der Waals surface area contributed by atoms with Crippen LogP contribution < -0.4 is 5.32 Å². The van der Waals surface area contributed by atoms with Crippen molar-refractivity contribution in [3.05, 3.63) is 107 Å². The summed E-state index contributed by atoms with van der Waals surface area (Å²) in [6, 6.07) is 24.8. The number of nitrogens with one attached hydrogen (secondary N) is 1. The first-order valence-corrected chi connectivity index (χ1v) is 12.6. The van der Waals surface area contributed by atoms with E-state index in [-0.39, 0.29) is 25.6 Å². The van der Waals surface area contributed by atoms with E-state index in [2.05, 4.69) is 5.32 Å². The number of benzene rings is 3. The predicted octanol–water partition coefficient (Wildman–Crippen LogP) is 5.66. The molecule has 0 saturated heterocycles. The highest BCUT2D eigenvalue weighted by Crippen LogP contribution is 2.44. The molecule has 5 rings (SSSR count). The van der Waals surface area contributed by atoms with Gasteiger partial charge in [-0.05, 0) is 53.4 Å². The Balaban J connectivity index is 1.21. The fourth-order valence-corrected chi connectivity index (χ4v) is 4.81. The number of hydrogen-bond donors (Lipinski definition) is 2. The standard InChI is InChI=1S/C31H27NO7/c1-2-37-30(35)20-13-11-19(12-14-20)28-16-15-21(39-28)17-27(29(33)34)32-31(36)38-18-26-24-9-5-3-7-22(24)23-8-4-6-10-25(23)26/h3-16,26-27H,2,17-18H2,1H3,(H,32,36)(H,33,34). The molecule has 39 heavy (non-hydrogen) atoms. The molecule has 8 nitrogen and oxygen atoms in total. The van der Waals surface area contributed by atoms with E-state index in [0.29, 0.717) is 22.6 Å². The molecule has 8 heteroatoms. The van der Waals surface area contributed by atoms with Crippen molar-refractivity contribution < 1.29 is 33.4 Å². The molecule has 0 radical (unpaired) electrons. The predicted molar refractivity (Wildman–Crippen MR) is 143 cm³/mol. The van der Waals surface area contributed by atoms with Gasteiger partial charge in [0.25, 0.3) is 0 Å². The maximum Gasteiger partial charge on any atom is 0.407 e. The minimum absolute atomic E-state index is 0.0690. The zero-order chi connectivity index (χ0) is 27.4. The summed E-state index contributed by atoms with van der Waals surface area (Å²) in [4.78, 5) is 36.4. The number of carboxylic acids is 1. The van der Waals surface area contributed by atoms with Gasteiger partial charge in [0.1, 0.15) is 24.2 Å². The summed E-state index contributed by atoms with van der Waals surface area (Å²) in [6.45, 7) is 2.11. The molecule has 4 aromatic rings. The number of rotatable bonds is 9. The van der Waals surface area contributed by atoms with Gasteiger partial charge in [0.15, 0.2) is 0 Å². The Bertz CT molecular complexity index is 1460. The maximum atomic E-state index is 12.6. The van der Waals surface area contributed by atoms with Crippen LogP contribution >= 0.6 is 0 Å². The monoisotopic (exact) mass is 525 g/mol. The molecule has 1 aliphatic rings. The van der Waals surface area contributed by atoms with Crippen LogP contribution in [0.1, 0.15) is 40.1 Å². The second-order valence-corrected chi connectivity index (χ2v) is 9.13. The van der Waals surface area contributed by atoms with E-state index in [1.807, 2.05) is 48.5 Å². The van der Waals surface area contributed by atoms with Crippen LogP contribution in [0.5, 0.6) is 0 Å². The highest BCUT2D eigenvalue weighted by molar-refractivity contribution is 5.90. The average molecular weight is 526 g/mol. The van der Waals surface area contributed by atoms with Gasteiger partial charge in [-0.1, -0.05) is 60.7 Å². The van der Waals surface area contributed by atoms with Gasteiger partial charge >= 0.3 is 18.0 Å². The minimum atomic E-state index is -1.24. The highest BCUT2D eigenvalue weighted by atomic mass is 16.5. The molecule has 3 aromatic carbocycles. The van der Waals surface area contributed by atoms with E-state index in [4.69, 9.17) is 13.9 Å². The van der Waals surface area contributed by atoms with Crippen molar-refractivity contribution in [2.24, 2.45) is 0 Å². The number of amides is 1. The number of aliphatic carboxylic acids is 1. The number of carbonyl (C=O) groups is 3. The van der Waals surface area contributed by atoms with Crippen molar-refractivity contribution >= 4 is 18.0 Å². The van der Waals surface area contributed by atoms with Crippen molar-refractivity contribution in [2.75, 3.05) is 13.2 Å². The summed E-state index contributed by atoms with van der Waals surface area (Å²) >= 11 is 0. The molecule has 0 fully saturated rings. The van der Waals surface area contributed by atoms with E-state index < -0.39 is 24.1 Å². The normalized spacial score (nSPS) is 12.7. The number of alkyl carbamates (subject to hydrolysis) is 1. The number of fused-ring (bicyclic) bond motifs is 3. The van der Waals surface area contributed by atoms with Gasteiger partial charge < -0.3 is 24.3 Å². The van der Waals surface area contributed by atoms with Crippen LogP contribution in [0.15, 0.2) is 89.3 Å². The first-order valence-electron chi connectivity index (χ1n) is 12.6. The van der Waals surface area contributed by atoms with E-state index in [9.17, 15) is 19.5 Å². The van der Waals surface area contributed by atoms with Crippen molar-refractivity contribution in [1.82, 2.24) is 5.32 Å². The molecule has 0 bridgehead atoms. The fraction of sp³-hybridized carbons (Fsp3) is 0.194. The van der Waals surface area contributed by atoms with Gasteiger partial charge in [0.2, 0.25) is 0 Å². The van der Waals surface area contributed by atoms with Gasteiger partial charge in [-0.15, -0.1) is 0 Å². The first-order chi connectivity index (χ1) is 18.9. The Morgan fingerprint density at radius 2 is 1.51 bits per heavy atom. The lowest BCUT2D eigenvalue weighted by Gasteiger charge is -2.17. The number of furan rings is 1. The van der Waals surface area contributed by atoms with Crippen LogP contribution in [-0.2, 0) is 20.7 Å². The topological polar surface area (TPSA) is 115 Å². The minimum Gasteiger partial charge on any atom is -0.480 e. The molecule has 1 heterocycles. The number of esters is 1. The molecule has 1 amide bonds. The lowest BCUT2D eigenvalue weighted by Crippen LogP contribution is -2.42. The Kier molecular flexibility index (Phi) is 7.45. The first kappa shape index (κ1) is 25.8. The summed E-state index contributed by atoms with van der Waals surface area (Å²) < 4.78 is 16.3. The molecule has 1 aromatic heterocycles. The van der Waals surface area contributed by atoms with Crippen LogP contribution in [0, 0.1) is 0 Å². The average Bonchev–Trinajstić information content (AvgIpc) is 3.54. The van der Waals surface area contributed by atoms with Crippen LogP contribution in [0.2, 0.25) is 0 Å². The molecule has 0 aliphatic heterocycles. The van der Waals surface area contributed by atoms with Crippen LogP contribution in [-0.4, -0.2) is 42.4 Å². The molecule has 1 atom stereocenters. The molecular formula is C31H27NO7. The van der Waals surface area contributed by atoms with E-state index >= 15 is 0 Å². The Morgan fingerprint density at radius 1 is 0.872 bits per heavy atom. The fourth-order valence-electron chi connectivity index (χ4n) is 4.81. The van der Waals surface area contributed by atoms with Crippen molar-refractivity contribution in [3.8, 4) is 22.5 Å². The Morgan fingerprint density at radius 3 is 2.13 bits per heavy atom.